The number of piperidine rings is 1. The Labute approximate surface area is 245 Å². The third kappa shape index (κ3) is 7.48. The number of ketones is 1. The minimum absolute atomic E-state index is 0.0661. The van der Waals surface area contributed by atoms with Gasteiger partial charge in [0.2, 0.25) is 0 Å². The van der Waals surface area contributed by atoms with Gasteiger partial charge in [0.1, 0.15) is 0 Å². The van der Waals surface area contributed by atoms with Crippen molar-refractivity contribution < 1.29 is 22.8 Å². The molecule has 0 aromatic heterocycles. The van der Waals surface area contributed by atoms with Crippen molar-refractivity contribution in [3.8, 4) is 0 Å². The highest BCUT2D eigenvalue weighted by Gasteiger charge is 2.33. The normalized spacial score (nSPS) is 14.4. The van der Waals surface area contributed by atoms with E-state index in [0.29, 0.717) is 5.56 Å². The molecule has 0 atom stereocenters. The van der Waals surface area contributed by atoms with Crippen molar-refractivity contribution in [3.05, 3.63) is 99.7 Å². The Bertz CT molecular complexity index is 1500. The second-order valence-corrected chi connectivity index (χ2v) is 10.1. The zero-order chi connectivity index (χ0) is 29.6. The fraction of sp³-hybridized carbons (Fsp3) is 0.233. The van der Waals surface area contributed by atoms with Gasteiger partial charge in [0.05, 0.1) is 27.5 Å². The average Bonchev–Trinajstić information content (AvgIpc) is 2.98. The van der Waals surface area contributed by atoms with Gasteiger partial charge in [-0.05, 0) is 73.4 Å². The van der Waals surface area contributed by atoms with Gasteiger partial charge in [0.25, 0.3) is 5.91 Å². The van der Waals surface area contributed by atoms with Crippen molar-refractivity contribution in [2.24, 2.45) is 10.7 Å². The van der Waals surface area contributed by atoms with Crippen molar-refractivity contribution in [2.75, 3.05) is 23.3 Å². The highest BCUT2D eigenvalue weighted by molar-refractivity contribution is 6.31. The van der Waals surface area contributed by atoms with E-state index in [9.17, 15) is 22.8 Å². The SMILES string of the molecule is N/C=C(\C=Nc1ccc(Cl)c(C(F)(F)F)c1)C(=O)c1cc(N2CCCCC2)ccc1NC(=O)c1cccc(CCl)c1. The number of benzene rings is 3. The quantitative estimate of drug-likeness (QED) is 0.119. The predicted molar refractivity (Wildman–Crippen MR) is 158 cm³/mol. The number of allylic oxidation sites excluding steroid dienone is 1. The molecule has 1 heterocycles. The molecule has 1 fully saturated rings. The van der Waals surface area contributed by atoms with Gasteiger partial charge in [-0.15, -0.1) is 11.6 Å². The molecule has 214 valence electrons. The summed E-state index contributed by atoms with van der Waals surface area (Å²) in [6.45, 7) is 1.65. The lowest BCUT2D eigenvalue weighted by Crippen LogP contribution is -2.29. The molecular weight excluding hydrogens is 576 g/mol. The number of carbonyl (C=O) groups excluding carboxylic acids is 2. The van der Waals surface area contributed by atoms with Gasteiger partial charge in [-0.25, -0.2) is 0 Å². The molecule has 3 aromatic rings. The number of hydrogen-bond donors (Lipinski definition) is 2. The monoisotopic (exact) mass is 602 g/mol. The van der Waals surface area contributed by atoms with Crippen LogP contribution < -0.4 is 16.0 Å². The summed E-state index contributed by atoms with van der Waals surface area (Å²) in [6.07, 6.45) is 0.594. The van der Waals surface area contributed by atoms with E-state index in [4.69, 9.17) is 28.9 Å². The van der Waals surface area contributed by atoms with Crippen molar-refractivity contribution >= 4 is 58.2 Å². The first-order chi connectivity index (χ1) is 19.6. The maximum Gasteiger partial charge on any atom is 0.417 e. The van der Waals surface area contributed by atoms with Gasteiger partial charge >= 0.3 is 6.18 Å². The predicted octanol–water partition coefficient (Wildman–Crippen LogP) is 7.77. The van der Waals surface area contributed by atoms with Gasteiger partial charge in [0.15, 0.2) is 5.78 Å². The molecule has 1 aliphatic heterocycles. The number of halogens is 5. The lowest BCUT2D eigenvalue weighted by molar-refractivity contribution is -0.137. The molecule has 0 saturated carbocycles. The van der Waals surface area contributed by atoms with Crippen LogP contribution in [0.1, 0.15) is 51.1 Å². The zero-order valence-corrected chi connectivity index (χ0v) is 23.4. The molecule has 3 aromatic carbocycles. The second kappa shape index (κ2) is 13.2. The minimum Gasteiger partial charge on any atom is -0.404 e. The van der Waals surface area contributed by atoms with Crippen molar-refractivity contribution in [1.82, 2.24) is 0 Å². The van der Waals surface area contributed by atoms with Crippen molar-refractivity contribution in [2.45, 2.75) is 31.3 Å². The number of amides is 1. The number of aliphatic imine (C=N–C) groups is 1. The summed E-state index contributed by atoms with van der Waals surface area (Å²) in [6, 6.07) is 15.1. The Hall–Kier alpha value is -3.82. The summed E-state index contributed by atoms with van der Waals surface area (Å²) in [5.41, 5.74) is 6.91. The highest BCUT2D eigenvalue weighted by atomic mass is 35.5. The van der Waals surface area contributed by atoms with E-state index in [2.05, 4.69) is 15.2 Å². The fourth-order valence-electron chi connectivity index (χ4n) is 4.46. The van der Waals surface area contributed by atoms with E-state index in [-0.39, 0.29) is 28.4 Å². The zero-order valence-electron chi connectivity index (χ0n) is 21.8. The van der Waals surface area contributed by atoms with Crippen LogP contribution in [0.2, 0.25) is 5.02 Å². The molecule has 41 heavy (non-hydrogen) atoms. The largest absolute Gasteiger partial charge is 0.417 e. The van der Waals surface area contributed by atoms with Crippen molar-refractivity contribution in [3.63, 3.8) is 0 Å². The van der Waals surface area contributed by atoms with Crippen LogP contribution in [0.3, 0.4) is 0 Å². The molecule has 1 aliphatic rings. The Kier molecular flexibility index (Phi) is 9.73. The van der Waals surface area contributed by atoms with Gasteiger partial charge in [-0.1, -0.05) is 23.7 Å². The van der Waals surface area contributed by atoms with E-state index in [1.54, 1.807) is 36.4 Å². The minimum atomic E-state index is -4.67. The van der Waals surface area contributed by atoms with Crippen LogP contribution in [-0.2, 0) is 12.1 Å². The molecule has 0 unspecified atom stereocenters. The van der Waals surface area contributed by atoms with E-state index in [0.717, 1.165) is 68.2 Å². The molecule has 0 bridgehead atoms. The van der Waals surface area contributed by atoms with Gasteiger partial charge in [0, 0.05) is 48.2 Å². The van der Waals surface area contributed by atoms with Crippen LogP contribution in [0.15, 0.2) is 77.4 Å². The number of carbonyl (C=O) groups is 2. The van der Waals surface area contributed by atoms with Gasteiger partial charge < -0.3 is 16.0 Å². The summed E-state index contributed by atoms with van der Waals surface area (Å²) >= 11 is 11.6. The van der Waals surface area contributed by atoms with Crippen LogP contribution in [0.25, 0.3) is 0 Å². The first-order valence-corrected chi connectivity index (χ1v) is 13.7. The van der Waals surface area contributed by atoms with E-state index in [1.807, 2.05) is 6.07 Å². The first-order valence-electron chi connectivity index (χ1n) is 12.8. The third-order valence-electron chi connectivity index (χ3n) is 6.61. The Morgan fingerprint density at radius 3 is 2.46 bits per heavy atom. The molecule has 1 amide bonds. The molecule has 6 nitrogen and oxygen atoms in total. The van der Waals surface area contributed by atoms with Crippen LogP contribution in [0, 0.1) is 0 Å². The Balaban J connectivity index is 1.67. The van der Waals surface area contributed by atoms with Crippen LogP contribution in [0.4, 0.5) is 30.2 Å². The third-order valence-corrected chi connectivity index (χ3v) is 7.25. The van der Waals surface area contributed by atoms with E-state index >= 15 is 0 Å². The summed E-state index contributed by atoms with van der Waals surface area (Å²) in [5.74, 6) is -0.772. The van der Waals surface area contributed by atoms with Crippen LogP contribution >= 0.6 is 23.2 Å². The molecule has 1 saturated heterocycles. The average molecular weight is 603 g/mol. The van der Waals surface area contributed by atoms with Gasteiger partial charge in [-0.3, -0.25) is 14.6 Å². The number of Topliss-reactive ketones (excluding diaryl/α,β-unsaturated/α-hetero) is 1. The Morgan fingerprint density at radius 1 is 1.02 bits per heavy atom. The second-order valence-electron chi connectivity index (χ2n) is 9.44. The smallest absolute Gasteiger partial charge is 0.404 e. The van der Waals surface area contributed by atoms with E-state index in [1.165, 1.54) is 6.07 Å². The number of nitrogens with zero attached hydrogens (tertiary/aromatic N) is 2. The first kappa shape index (κ1) is 30.1. The van der Waals surface area contributed by atoms with Gasteiger partial charge in [-0.2, -0.15) is 13.2 Å². The molecule has 3 N–H and O–H groups in total. The number of alkyl halides is 4. The fourth-order valence-corrected chi connectivity index (χ4v) is 4.85. The number of nitrogens with one attached hydrogen (secondary N) is 1. The summed E-state index contributed by atoms with van der Waals surface area (Å²) < 4.78 is 39.8. The Morgan fingerprint density at radius 2 is 1.78 bits per heavy atom. The molecular formula is C30H27Cl2F3N4O2. The molecule has 0 radical (unpaired) electrons. The molecule has 0 aliphatic carbocycles. The molecule has 4 rings (SSSR count). The maximum absolute atomic E-state index is 13.7. The number of anilines is 2. The summed E-state index contributed by atoms with van der Waals surface area (Å²) in [7, 11) is 0. The van der Waals surface area contributed by atoms with Crippen LogP contribution in [-0.4, -0.2) is 31.0 Å². The summed E-state index contributed by atoms with van der Waals surface area (Å²) in [5, 5.41) is 2.33. The number of nitrogens with two attached hydrogens (primary N) is 1. The van der Waals surface area contributed by atoms with Crippen molar-refractivity contribution in [1.29, 1.82) is 0 Å². The van der Waals surface area contributed by atoms with E-state index < -0.39 is 28.5 Å². The summed E-state index contributed by atoms with van der Waals surface area (Å²) in [4.78, 5) is 33.0. The molecule has 11 heteroatoms. The van der Waals surface area contributed by atoms with Crippen LogP contribution in [0.5, 0.6) is 0 Å². The number of hydrogen-bond acceptors (Lipinski definition) is 5. The lowest BCUT2D eigenvalue weighted by Gasteiger charge is -2.29. The molecule has 0 spiro atoms. The number of rotatable bonds is 8. The maximum atomic E-state index is 13.7. The highest BCUT2D eigenvalue weighted by Crippen LogP contribution is 2.37. The lowest BCUT2D eigenvalue weighted by atomic mass is 10.00. The standard InChI is InChI=1S/C30H27Cl2F3N4O2/c31-16-19-5-4-6-20(13-19)29(41)38-27-10-8-23(39-11-2-1-3-12-39)15-24(27)28(40)21(17-36)18-37-22-7-9-26(32)25(14-22)30(33,34)35/h4-10,13-15,17-18H,1-3,11-12,16,36H2,(H,38,41)/b21-17+,37-18?. The topological polar surface area (TPSA) is 87.8 Å².